The van der Waals surface area contributed by atoms with Gasteiger partial charge in [0.15, 0.2) is 0 Å². The molecule has 0 fully saturated rings. The van der Waals surface area contributed by atoms with Gasteiger partial charge >= 0.3 is 6.18 Å². The second kappa shape index (κ2) is 6.68. The monoisotopic (exact) mass is 349 g/mol. The van der Waals surface area contributed by atoms with Gasteiger partial charge in [-0.15, -0.1) is 16.9 Å². The number of thioether (sulfide) groups is 1. The van der Waals surface area contributed by atoms with Crippen LogP contribution in [0.5, 0.6) is 0 Å². The van der Waals surface area contributed by atoms with E-state index in [9.17, 15) is 13.2 Å². The van der Waals surface area contributed by atoms with Crippen LogP contribution in [0.15, 0.2) is 59.6 Å². The van der Waals surface area contributed by atoms with E-state index in [-0.39, 0.29) is 0 Å². The molecule has 0 unspecified atom stereocenters. The largest absolute Gasteiger partial charge is 0.416 e. The zero-order valence-corrected chi connectivity index (χ0v) is 13.6. The highest BCUT2D eigenvalue weighted by atomic mass is 32.2. The van der Waals surface area contributed by atoms with Crippen molar-refractivity contribution >= 4 is 11.8 Å². The fraction of sp³-hybridized carbons (Fsp3) is 0.176. The van der Waals surface area contributed by atoms with Crippen molar-refractivity contribution < 1.29 is 13.2 Å². The number of aromatic nitrogens is 3. The standard InChI is InChI=1S/C17H14F3N3S/c1-2-24-16-9-4-3-8-15(16)23-11-14(21-22-23)12-6-5-7-13(10-12)17(18,19)20/h3-11H,2H2,1H3. The van der Waals surface area contributed by atoms with Crippen LogP contribution in [0.1, 0.15) is 12.5 Å². The van der Waals surface area contributed by atoms with Gasteiger partial charge in [0.1, 0.15) is 5.69 Å². The lowest BCUT2D eigenvalue weighted by Crippen LogP contribution is -2.04. The molecule has 0 radical (unpaired) electrons. The van der Waals surface area contributed by atoms with Gasteiger partial charge in [-0.25, -0.2) is 4.68 Å². The van der Waals surface area contributed by atoms with Crippen LogP contribution < -0.4 is 0 Å². The summed E-state index contributed by atoms with van der Waals surface area (Å²) in [6, 6.07) is 12.8. The van der Waals surface area contributed by atoms with Crippen molar-refractivity contribution in [2.45, 2.75) is 18.0 Å². The zero-order chi connectivity index (χ0) is 17.2. The lowest BCUT2D eigenvalue weighted by Gasteiger charge is -2.07. The van der Waals surface area contributed by atoms with Crippen LogP contribution >= 0.6 is 11.8 Å². The van der Waals surface area contributed by atoms with Crippen molar-refractivity contribution in [3.8, 4) is 16.9 Å². The van der Waals surface area contributed by atoms with Crippen LogP contribution in [-0.4, -0.2) is 20.7 Å². The number of alkyl halides is 3. The minimum atomic E-state index is -4.38. The zero-order valence-electron chi connectivity index (χ0n) is 12.8. The maximum atomic E-state index is 12.8. The molecule has 24 heavy (non-hydrogen) atoms. The number of nitrogens with zero attached hydrogens (tertiary/aromatic N) is 3. The predicted molar refractivity (Wildman–Crippen MR) is 88.2 cm³/mol. The quantitative estimate of drug-likeness (QED) is 0.617. The van der Waals surface area contributed by atoms with Crippen molar-refractivity contribution in [2.24, 2.45) is 0 Å². The van der Waals surface area contributed by atoms with Crippen LogP contribution in [0.4, 0.5) is 13.2 Å². The van der Waals surface area contributed by atoms with E-state index in [0.29, 0.717) is 11.3 Å². The highest BCUT2D eigenvalue weighted by Gasteiger charge is 2.30. The Morgan fingerprint density at radius 3 is 2.62 bits per heavy atom. The summed E-state index contributed by atoms with van der Waals surface area (Å²) >= 11 is 1.67. The molecule has 0 saturated heterocycles. The Kier molecular flexibility index (Phi) is 4.62. The fourth-order valence-corrected chi connectivity index (χ4v) is 3.09. The Labute approximate surface area is 141 Å². The third-order valence-electron chi connectivity index (χ3n) is 3.39. The van der Waals surface area contributed by atoms with E-state index in [0.717, 1.165) is 28.5 Å². The molecule has 1 aromatic heterocycles. The first-order valence-electron chi connectivity index (χ1n) is 7.31. The summed E-state index contributed by atoms with van der Waals surface area (Å²) in [7, 11) is 0. The Hall–Kier alpha value is -2.28. The summed E-state index contributed by atoms with van der Waals surface area (Å²) in [5, 5.41) is 8.09. The molecule has 2 aromatic carbocycles. The van der Waals surface area contributed by atoms with Crippen LogP contribution in [0.25, 0.3) is 16.9 Å². The van der Waals surface area contributed by atoms with Crippen molar-refractivity contribution in [3.63, 3.8) is 0 Å². The Bertz CT molecular complexity index is 843. The molecule has 0 bridgehead atoms. The normalized spacial score (nSPS) is 11.7. The first kappa shape index (κ1) is 16.6. The van der Waals surface area contributed by atoms with Gasteiger partial charge in [0, 0.05) is 10.5 Å². The summed E-state index contributed by atoms with van der Waals surface area (Å²) in [4.78, 5) is 1.04. The van der Waals surface area contributed by atoms with Crippen molar-refractivity contribution in [3.05, 3.63) is 60.3 Å². The van der Waals surface area contributed by atoms with Gasteiger partial charge in [-0.3, -0.25) is 0 Å². The molecule has 0 amide bonds. The number of hydrogen-bond donors (Lipinski definition) is 0. The molecule has 0 spiro atoms. The molecule has 1 heterocycles. The Morgan fingerprint density at radius 2 is 1.88 bits per heavy atom. The molecule has 3 nitrogen and oxygen atoms in total. The molecular formula is C17H14F3N3S. The number of hydrogen-bond acceptors (Lipinski definition) is 3. The van der Waals surface area contributed by atoms with Crippen molar-refractivity contribution in [2.75, 3.05) is 5.75 Å². The van der Waals surface area contributed by atoms with E-state index in [1.165, 1.54) is 6.07 Å². The summed E-state index contributed by atoms with van der Waals surface area (Å²) in [6.07, 6.45) is -2.74. The maximum absolute atomic E-state index is 12.8. The minimum absolute atomic E-state index is 0.386. The molecule has 124 valence electrons. The number of para-hydroxylation sites is 1. The summed E-state index contributed by atoms with van der Waals surface area (Å²) in [5.74, 6) is 0.909. The van der Waals surface area contributed by atoms with E-state index in [1.807, 2.05) is 24.3 Å². The van der Waals surface area contributed by atoms with Crippen LogP contribution in [-0.2, 0) is 6.18 Å². The van der Waals surface area contributed by atoms with Gasteiger partial charge in [-0.1, -0.05) is 36.4 Å². The van der Waals surface area contributed by atoms with Crippen LogP contribution in [0, 0.1) is 0 Å². The highest BCUT2D eigenvalue weighted by Crippen LogP contribution is 2.32. The van der Waals surface area contributed by atoms with E-state index >= 15 is 0 Å². The summed E-state index contributed by atoms with van der Waals surface area (Å²) in [6.45, 7) is 2.05. The maximum Gasteiger partial charge on any atom is 0.416 e. The molecule has 3 rings (SSSR count). The third kappa shape index (κ3) is 3.46. The van der Waals surface area contributed by atoms with E-state index in [1.54, 1.807) is 28.7 Å². The molecule has 0 atom stereocenters. The van der Waals surface area contributed by atoms with Gasteiger partial charge in [0.05, 0.1) is 17.4 Å². The molecule has 3 aromatic rings. The molecule has 0 aliphatic rings. The van der Waals surface area contributed by atoms with Gasteiger partial charge in [-0.05, 0) is 30.0 Å². The number of rotatable bonds is 4. The van der Waals surface area contributed by atoms with E-state index in [4.69, 9.17) is 0 Å². The first-order chi connectivity index (χ1) is 11.5. The number of halogens is 3. The van der Waals surface area contributed by atoms with Crippen LogP contribution in [0.2, 0.25) is 0 Å². The van der Waals surface area contributed by atoms with Gasteiger partial charge in [-0.2, -0.15) is 13.2 Å². The Balaban J connectivity index is 1.98. The lowest BCUT2D eigenvalue weighted by molar-refractivity contribution is -0.137. The SMILES string of the molecule is CCSc1ccccc1-n1cc(-c2cccc(C(F)(F)F)c2)nn1. The summed E-state index contributed by atoms with van der Waals surface area (Å²) < 4.78 is 40.1. The minimum Gasteiger partial charge on any atom is -0.219 e. The van der Waals surface area contributed by atoms with Gasteiger partial charge < -0.3 is 0 Å². The van der Waals surface area contributed by atoms with Gasteiger partial charge in [0.2, 0.25) is 0 Å². The predicted octanol–water partition coefficient (Wildman–Crippen LogP) is 5.07. The fourth-order valence-electron chi connectivity index (χ4n) is 2.29. The second-order valence-corrected chi connectivity index (χ2v) is 6.33. The van der Waals surface area contributed by atoms with Gasteiger partial charge in [0.25, 0.3) is 0 Å². The smallest absolute Gasteiger partial charge is 0.219 e. The molecule has 0 aliphatic carbocycles. The molecule has 0 N–H and O–H groups in total. The molecule has 7 heteroatoms. The van der Waals surface area contributed by atoms with E-state index in [2.05, 4.69) is 17.2 Å². The number of benzene rings is 2. The highest BCUT2D eigenvalue weighted by molar-refractivity contribution is 7.99. The lowest BCUT2D eigenvalue weighted by atomic mass is 10.1. The average Bonchev–Trinajstić information content (AvgIpc) is 3.05. The van der Waals surface area contributed by atoms with E-state index < -0.39 is 11.7 Å². The molecule has 0 saturated carbocycles. The Morgan fingerprint density at radius 1 is 1.08 bits per heavy atom. The van der Waals surface area contributed by atoms with Crippen molar-refractivity contribution in [1.29, 1.82) is 0 Å². The molecular weight excluding hydrogens is 335 g/mol. The van der Waals surface area contributed by atoms with Crippen LogP contribution in [0.3, 0.4) is 0 Å². The topological polar surface area (TPSA) is 30.7 Å². The third-order valence-corrected chi connectivity index (χ3v) is 4.34. The second-order valence-electron chi connectivity index (χ2n) is 5.03. The first-order valence-corrected chi connectivity index (χ1v) is 8.30. The molecule has 0 aliphatic heterocycles. The van der Waals surface area contributed by atoms with Crippen molar-refractivity contribution in [1.82, 2.24) is 15.0 Å². The average molecular weight is 349 g/mol. The summed E-state index contributed by atoms with van der Waals surface area (Å²) in [5.41, 5.74) is 0.945.